The molecule has 1 heterocycles. The summed E-state index contributed by atoms with van der Waals surface area (Å²) in [4.78, 5) is 16.7. The number of nitrogens with two attached hydrogens (primary N) is 1. The van der Waals surface area contributed by atoms with E-state index in [2.05, 4.69) is 10.3 Å². The van der Waals surface area contributed by atoms with Gasteiger partial charge in [-0.3, -0.25) is 4.79 Å². The van der Waals surface area contributed by atoms with Crippen LogP contribution in [0.3, 0.4) is 0 Å². The van der Waals surface area contributed by atoms with Crippen LogP contribution in [0.2, 0.25) is 0 Å². The molecule has 5 nitrogen and oxygen atoms in total. The molecule has 1 aromatic carbocycles. The predicted molar refractivity (Wildman–Crippen MR) is 92.6 cm³/mol. The lowest BCUT2D eigenvalue weighted by molar-refractivity contribution is -0.120. The highest BCUT2D eigenvalue weighted by Gasteiger charge is 2.25. The Morgan fingerprint density at radius 1 is 1.46 bits per heavy atom. The Morgan fingerprint density at radius 3 is 3.00 bits per heavy atom. The number of methoxy groups -OCH3 is 1. The molecule has 0 saturated heterocycles. The van der Waals surface area contributed by atoms with E-state index in [4.69, 9.17) is 10.5 Å². The van der Waals surface area contributed by atoms with Crippen molar-refractivity contribution in [1.82, 2.24) is 4.98 Å². The van der Waals surface area contributed by atoms with Crippen molar-refractivity contribution >= 4 is 22.4 Å². The first-order chi connectivity index (χ1) is 11.6. The van der Waals surface area contributed by atoms with Crippen molar-refractivity contribution in [3.05, 3.63) is 29.4 Å². The minimum absolute atomic E-state index is 0.0352. The van der Waals surface area contributed by atoms with Crippen LogP contribution in [0.25, 0.3) is 11.3 Å². The van der Waals surface area contributed by atoms with E-state index in [-0.39, 0.29) is 23.6 Å². The highest BCUT2D eigenvalue weighted by Crippen LogP contribution is 2.29. The molecule has 3 N–H and O–H groups in total. The van der Waals surface area contributed by atoms with E-state index in [0.29, 0.717) is 22.8 Å². The van der Waals surface area contributed by atoms with Gasteiger partial charge in [-0.25, -0.2) is 9.37 Å². The van der Waals surface area contributed by atoms with Gasteiger partial charge >= 0.3 is 0 Å². The van der Waals surface area contributed by atoms with Gasteiger partial charge in [0.25, 0.3) is 0 Å². The Hall–Kier alpha value is -1.99. The molecule has 2 unspecified atom stereocenters. The maximum Gasteiger partial charge on any atom is 0.229 e. The van der Waals surface area contributed by atoms with E-state index in [0.717, 1.165) is 19.3 Å². The Bertz CT molecular complexity index is 734. The third-order valence-electron chi connectivity index (χ3n) is 4.27. The van der Waals surface area contributed by atoms with Gasteiger partial charge in [-0.05, 0) is 37.5 Å². The number of aromatic nitrogens is 1. The fourth-order valence-corrected chi connectivity index (χ4v) is 3.69. The molecule has 0 radical (unpaired) electrons. The molecule has 1 amide bonds. The molecule has 2 aromatic rings. The van der Waals surface area contributed by atoms with Gasteiger partial charge < -0.3 is 15.8 Å². The summed E-state index contributed by atoms with van der Waals surface area (Å²) in [6.07, 6.45) is 3.54. The molecule has 7 heteroatoms. The van der Waals surface area contributed by atoms with Crippen LogP contribution in [-0.4, -0.2) is 24.0 Å². The first kappa shape index (κ1) is 16.9. The van der Waals surface area contributed by atoms with Gasteiger partial charge in [0.2, 0.25) is 5.91 Å². The number of nitrogens with one attached hydrogen (secondary N) is 1. The molecule has 1 aliphatic rings. The van der Waals surface area contributed by atoms with Crippen molar-refractivity contribution in [3.63, 3.8) is 0 Å². The van der Waals surface area contributed by atoms with Crippen LogP contribution in [0.15, 0.2) is 23.6 Å². The monoisotopic (exact) mass is 349 g/mol. The molecule has 2 atom stereocenters. The third kappa shape index (κ3) is 3.73. The predicted octanol–water partition coefficient (Wildman–Crippen LogP) is 3.41. The maximum atomic E-state index is 13.8. The quantitative estimate of drug-likeness (QED) is 0.887. The van der Waals surface area contributed by atoms with Gasteiger partial charge in [0.15, 0.2) is 16.7 Å². The number of ether oxygens (including phenoxy) is 1. The van der Waals surface area contributed by atoms with Crippen molar-refractivity contribution < 1.29 is 13.9 Å². The second-order valence-corrected chi connectivity index (χ2v) is 6.86. The van der Waals surface area contributed by atoms with Crippen molar-refractivity contribution in [2.75, 3.05) is 12.4 Å². The van der Waals surface area contributed by atoms with Crippen molar-refractivity contribution in [3.8, 4) is 17.0 Å². The number of amides is 1. The Morgan fingerprint density at radius 2 is 2.29 bits per heavy atom. The molecule has 1 aliphatic carbocycles. The van der Waals surface area contributed by atoms with E-state index in [1.165, 1.54) is 24.5 Å². The number of rotatable bonds is 4. The molecule has 1 fully saturated rings. The van der Waals surface area contributed by atoms with Crippen LogP contribution in [0.1, 0.15) is 25.7 Å². The Balaban J connectivity index is 1.69. The van der Waals surface area contributed by atoms with E-state index in [9.17, 15) is 9.18 Å². The largest absolute Gasteiger partial charge is 0.494 e. The summed E-state index contributed by atoms with van der Waals surface area (Å²) in [5, 5.41) is 5.17. The molecule has 128 valence electrons. The second kappa shape index (κ2) is 7.27. The summed E-state index contributed by atoms with van der Waals surface area (Å²) in [5.74, 6) is -0.340. The number of nitrogens with zero attached hydrogens (tertiary/aromatic N) is 1. The van der Waals surface area contributed by atoms with Crippen molar-refractivity contribution in [2.24, 2.45) is 11.7 Å². The van der Waals surface area contributed by atoms with Gasteiger partial charge in [0.1, 0.15) is 0 Å². The van der Waals surface area contributed by atoms with E-state index < -0.39 is 5.82 Å². The molecule has 0 aliphatic heterocycles. The zero-order valence-electron chi connectivity index (χ0n) is 13.4. The van der Waals surface area contributed by atoms with Crippen LogP contribution >= 0.6 is 11.3 Å². The summed E-state index contributed by atoms with van der Waals surface area (Å²) in [6.45, 7) is 0. The Kier molecular flexibility index (Phi) is 5.11. The SMILES string of the molecule is COc1ccc(-c2csc(NC(=O)C3CCCC(N)C3)n2)cc1F. The van der Waals surface area contributed by atoms with Crippen LogP contribution in [-0.2, 0) is 4.79 Å². The average Bonchev–Trinajstić information content (AvgIpc) is 3.03. The third-order valence-corrected chi connectivity index (χ3v) is 5.03. The number of benzene rings is 1. The number of halogens is 1. The molecule has 0 bridgehead atoms. The molecule has 0 spiro atoms. The van der Waals surface area contributed by atoms with Crippen molar-refractivity contribution in [1.29, 1.82) is 0 Å². The summed E-state index contributed by atoms with van der Waals surface area (Å²) in [6, 6.07) is 4.78. The van der Waals surface area contributed by atoms with Gasteiger partial charge in [0.05, 0.1) is 12.8 Å². The van der Waals surface area contributed by atoms with Crippen LogP contribution in [0.4, 0.5) is 9.52 Å². The minimum atomic E-state index is -0.440. The maximum absolute atomic E-state index is 13.8. The highest BCUT2D eigenvalue weighted by molar-refractivity contribution is 7.14. The average molecular weight is 349 g/mol. The summed E-state index contributed by atoms with van der Waals surface area (Å²) < 4.78 is 18.7. The zero-order chi connectivity index (χ0) is 17.1. The fourth-order valence-electron chi connectivity index (χ4n) is 2.96. The van der Waals surface area contributed by atoms with Crippen molar-refractivity contribution in [2.45, 2.75) is 31.7 Å². The van der Waals surface area contributed by atoms with Crippen LogP contribution in [0, 0.1) is 11.7 Å². The highest BCUT2D eigenvalue weighted by atomic mass is 32.1. The first-order valence-corrected chi connectivity index (χ1v) is 8.80. The number of thiazole rings is 1. The Labute approximate surface area is 144 Å². The van der Waals surface area contributed by atoms with Gasteiger partial charge in [0, 0.05) is 22.9 Å². The molecule has 24 heavy (non-hydrogen) atoms. The van der Waals surface area contributed by atoms with Gasteiger partial charge in [-0.2, -0.15) is 0 Å². The lowest BCUT2D eigenvalue weighted by atomic mass is 9.86. The molecular formula is C17H20FN3O2S. The smallest absolute Gasteiger partial charge is 0.229 e. The first-order valence-electron chi connectivity index (χ1n) is 7.92. The molecule has 1 saturated carbocycles. The number of carbonyl (C=O) groups is 1. The number of hydrogen-bond acceptors (Lipinski definition) is 5. The fraction of sp³-hybridized carbons (Fsp3) is 0.412. The minimum Gasteiger partial charge on any atom is -0.494 e. The van der Waals surface area contributed by atoms with Gasteiger partial charge in [-0.15, -0.1) is 11.3 Å². The summed E-state index contributed by atoms with van der Waals surface area (Å²) in [7, 11) is 1.42. The van der Waals surface area contributed by atoms with E-state index in [1.807, 2.05) is 0 Å². The lowest BCUT2D eigenvalue weighted by Crippen LogP contribution is -2.34. The van der Waals surface area contributed by atoms with E-state index >= 15 is 0 Å². The van der Waals surface area contributed by atoms with E-state index in [1.54, 1.807) is 17.5 Å². The number of anilines is 1. The normalized spacial score (nSPS) is 20.6. The lowest BCUT2D eigenvalue weighted by Gasteiger charge is -2.25. The summed E-state index contributed by atoms with van der Waals surface area (Å²) in [5.41, 5.74) is 7.20. The summed E-state index contributed by atoms with van der Waals surface area (Å²) >= 11 is 1.33. The van der Waals surface area contributed by atoms with Crippen LogP contribution in [0.5, 0.6) is 5.75 Å². The van der Waals surface area contributed by atoms with Crippen LogP contribution < -0.4 is 15.8 Å². The number of carbonyl (C=O) groups excluding carboxylic acids is 1. The molecule has 3 rings (SSSR count). The standard InChI is InChI=1S/C17H20FN3O2S/c1-23-15-6-5-10(8-13(15)18)14-9-24-17(20-14)21-16(22)11-3-2-4-12(19)7-11/h5-6,8-9,11-12H,2-4,7,19H2,1H3,(H,20,21,22). The van der Waals surface area contributed by atoms with Gasteiger partial charge in [-0.1, -0.05) is 6.42 Å². The second-order valence-electron chi connectivity index (χ2n) is 6.00. The number of hydrogen-bond donors (Lipinski definition) is 2. The molecule has 1 aromatic heterocycles. The molecular weight excluding hydrogens is 329 g/mol. The topological polar surface area (TPSA) is 77.2 Å². The zero-order valence-corrected chi connectivity index (χ0v) is 14.2.